The lowest BCUT2D eigenvalue weighted by Gasteiger charge is -2.43. The van der Waals surface area contributed by atoms with Crippen LogP contribution in [0.2, 0.25) is 0 Å². The van der Waals surface area contributed by atoms with Crippen molar-refractivity contribution in [2.75, 3.05) is 19.6 Å². The molecule has 2 atom stereocenters. The van der Waals surface area contributed by atoms with Gasteiger partial charge in [0.2, 0.25) is 17.7 Å². The second-order valence-corrected chi connectivity index (χ2v) is 7.81. The highest BCUT2D eigenvalue weighted by atomic mass is 16.2. The van der Waals surface area contributed by atoms with Gasteiger partial charge in [-0.2, -0.15) is 0 Å². The van der Waals surface area contributed by atoms with Gasteiger partial charge in [0, 0.05) is 50.6 Å². The average molecular weight is 350 g/mol. The highest BCUT2D eigenvalue weighted by Crippen LogP contribution is 2.23. The molecule has 0 aromatic rings. The van der Waals surface area contributed by atoms with Crippen molar-refractivity contribution < 1.29 is 14.4 Å². The molecule has 0 bridgehead atoms. The topological polar surface area (TPSA) is 81.8 Å². The molecule has 3 rings (SSSR count). The molecule has 3 heterocycles. The average Bonchev–Trinajstić information content (AvgIpc) is 2.58. The summed E-state index contributed by atoms with van der Waals surface area (Å²) in [5.74, 6) is -0.270. The normalized spacial score (nSPS) is 30.0. The van der Waals surface area contributed by atoms with Crippen molar-refractivity contribution in [3.63, 3.8) is 0 Å². The molecule has 140 valence electrons. The molecule has 0 aliphatic carbocycles. The Balaban J connectivity index is 1.47. The van der Waals surface area contributed by atoms with Crippen molar-refractivity contribution in [3.05, 3.63) is 0 Å². The van der Waals surface area contributed by atoms with E-state index in [0.29, 0.717) is 31.3 Å². The van der Waals surface area contributed by atoms with Crippen molar-refractivity contribution in [1.82, 2.24) is 20.4 Å². The number of carbonyl (C=O) groups excluding carboxylic acids is 3. The van der Waals surface area contributed by atoms with Gasteiger partial charge >= 0.3 is 0 Å². The maximum Gasteiger partial charge on any atom is 0.243 e. The van der Waals surface area contributed by atoms with E-state index >= 15 is 0 Å². The minimum absolute atomic E-state index is 0.0310. The molecule has 2 N–H and O–H groups in total. The lowest BCUT2D eigenvalue weighted by Crippen LogP contribution is -2.58. The Bertz CT molecular complexity index is 528. The Labute approximate surface area is 149 Å². The Morgan fingerprint density at radius 3 is 2.36 bits per heavy atom. The third-order valence-corrected chi connectivity index (χ3v) is 5.81. The lowest BCUT2D eigenvalue weighted by atomic mass is 9.95. The number of nitrogens with zero attached hydrogens (tertiary/aromatic N) is 2. The zero-order chi connectivity index (χ0) is 18.0. The third-order valence-electron chi connectivity index (χ3n) is 5.81. The van der Waals surface area contributed by atoms with Gasteiger partial charge < -0.3 is 15.1 Å². The van der Waals surface area contributed by atoms with Crippen LogP contribution in [-0.2, 0) is 14.4 Å². The first-order chi connectivity index (χ1) is 11.9. The Hall–Kier alpha value is -1.47. The third kappa shape index (κ3) is 4.39. The first-order valence-electron chi connectivity index (χ1n) is 9.57. The second kappa shape index (κ2) is 7.83. The number of hydrogen-bond acceptors (Lipinski definition) is 5. The van der Waals surface area contributed by atoms with Crippen LogP contribution < -0.4 is 10.6 Å². The number of hydrogen-bond donors (Lipinski definition) is 2. The van der Waals surface area contributed by atoms with E-state index in [-0.39, 0.29) is 29.8 Å². The summed E-state index contributed by atoms with van der Waals surface area (Å²) in [5.41, 5.74) is 0. The van der Waals surface area contributed by atoms with Gasteiger partial charge in [0.05, 0.1) is 6.04 Å². The Kier molecular flexibility index (Phi) is 5.74. The monoisotopic (exact) mass is 350 g/mol. The number of imide groups is 1. The van der Waals surface area contributed by atoms with E-state index < -0.39 is 0 Å². The first kappa shape index (κ1) is 18.3. The summed E-state index contributed by atoms with van der Waals surface area (Å²) in [6, 6.07) is 0.610. The predicted molar refractivity (Wildman–Crippen MR) is 93.8 cm³/mol. The molecule has 0 radical (unpaired) electrons. The van der Waals surface area contributed by atoms with Crippen LogP contribution in [0.4, 0.5) is 0 Å². The van der Waals surface area contributed by atoms with Crippen LogP contribution in [0.25, 0.3) is 0 Å². The molecule has 3 fully saturated rings. The summed E-state index contributed by atoms with van der Waals surface area (Å²) >= 11 is 0. The zero-order valence-electron chi connectivity index (χ0n) is 15.3. The highest BCUT2D eigenvalue weighted by Gasteiger charge is 2.35. The molecule has 0 saturated carbocycles. The van der Waals surface area contributed by atoms with E-state index in [1.165, 1.54) is 0 Å². The molecule has 3 aliphatic heterocycles. The largest absolute Gasteiger partial charge is 0.340 e. The van der Waals surface area contributed by atoms with Gasteiger partial charge in [-0.15, -0.1) is 0 Å². The van der Waals surface area contributed by atoms with Crippen LogP contribution in [0.1, 0.15) is 52.4 Å². The minimum Gasteiger partial charge on any atom is -0.340 e. The highest BCUT2D eigenvalue weighted by molar-refractivity contribution is 6.00. The number of likely N-dealkylation sites (tertiary alicyclic amines) is 2. The fraction of sp³-hybridized carbons (Fsp3) is 0.833. The molecule has 0 aromatic carbocycles. The quantitative estimate of drug-likeness (QED) is 0.710. The fourth-order valence-electron chi connectivity index (χ4n) is 4.23. The molecule has 7 heteroatoms. The van der Waals surface area contributed by atoms with Gasteiger partial charge in [-0.1, -0.05) is 0 Å². The van der Waals surface area contributed by atoms with Gasteiger partial charge in [-0.05, 0) is 39.5 Å². The summed E-state index contributed by atoms with van der Waals surface area (Å²) in [4.78, 5) is 40.2. The van der Waals surface area contributed by atoms with Gasteiger partial charge in [0.25, 0.3) is 0 Å². The van der Waals surface area contributed by atoms with Crippen molar-refractivity contribution in [2.45, 2.75) is 76.5 Å². The van der Waals surface area contributed by atoms with Crippen LogP contribution >= 0.6 is 0 Å². The van der Waals surface area contributed by atoms with Crippen LogP contribution in [0.5, 0.6) is 0 Å². The number of rotatable bonds is 4. The second-order valence-electron chi connectivity index (χ2n) is 7.81. The van der Waals surface area contributed by atoms with E-state index in [2.05, 4.69) is 34.3 Å². The van der Waals surface area contributed by atoms with Crippen molar-refractivity contribution in [2.24, 2.45) is 0 Å². The standard InChI is InChI=1S/C18H30N4O3/c1-12(2)21-8-6-14(7-9-21)22-10-5-13(11-17(22)24)19-15-3-4-16(23)20-18(15)25/h12-15,19H,3-11H2,1-2H3,(H,20,23,25). The number of piperidine rings is 3. The maximum atomic E-state index is 12.6. The van der Waals surface area contributed by atoms with Gasteiger partial charge in [-0.25, -0.2) is 0 Å². The molecule has 3 saturated heterocycles. The molecular weight excluding hydrogens is 320 g/mol. The van der Waals surface area contributed by atoms with Crippen molar-refractivity contribution in [1.29, 1.82) is 0 Å². The molecular formula is C18H30N4O3. The SMILES string of the molecule is CC(C)N1CCC(N2CCC(NC3CCC(=O)NC3=O)CC2=O)CC1. The molecule has 25 heavy (non-hydrogen) atoms. The molecule has 0 spiro atoms. The van der Waals surface area contributed by atoms with Crippen LogP contribution in [0.15, 0.2) is 0 Å². The van der Waals surface area contributed by atoms with E-state index in [1.54, 1.807) is 0 Å². The summed E-state index contributed by atoms with van der Waals surface area (Å²) in [6.07, 6.45) is 4.30. The predicted octanol–water partition coefficient (Wildman–Crippen LogP) is 0.245. The molecule has 2 unspecified atom stereocenters. The molecule has 0 aromatic heterocycles. The van der Waals surface area contributed by atoms with Crippen LogP contribution in [0, 0.1) is 0 Å². The van der Waals surface area contributed by atoms with Crippen LogP contribution in [-0.4, -0.2) is 71.3 Å². The van der Waals surface area contributed by atoms with Crippen LogP contribution in [0.3, 0.4) is 0 Å². The Morgan fingerprint density at radius 1 is 1.04 bits per heavy atom. The number of amides is 3. The Morgan fingerprint density at radius 2 is 1.76 bits per heavy atom. The molecule has 3 aliphatic rings. The van der Waals surface area contributed by atoms with Gasteiger partial charge in [0.15, 0.2) is 0 Å². The van der Waals surface area contributed by atoms with E-state index in [4.69, 9.17) is 0 Å². The smallest absolute Gasteiger partial charge is 0.243 e. The first-order valence-corrected chi connectivity index (χ1v) is 9.57. The van der Waals surface area contributed by atoms with Crippen molar-refractivity contribution in [3.8, 4) is 0 Å². The molecule has 7 nitrogen and oxygen atoms in total. The van der Waals surface area contributed by atoms with E-state index in [0.717, 1.165) is 38.9 Å². The molecule has 3 amide bonds. The summed E-state index contributed by atoms with van der Waals surface area (Å²) in [6.45, 7) is 7.32. The maximum absolute atomic E-state index is 12.6. The van der Waals surface area contributed by atoms with Gasteiger partial charge in [-0.3, -0.25) is 19.7 Å². The summed E-state index contributed by atoms with van der Waals surface area (Å²) in [5, 5.41) is 5.65. The number of carbonyl (C=O) groups is 3. The minimum atomic E-state index is -0.351. The van der Waals surface area contributed by atoms with E-state index in [9.17, 15) is 14.4 Å². The summed E-state index contributed by atoms with van der Waals surface area (Å²) in [7, 11) is 0. The lowest BCUT2D eigenvalue weighted by molar-refractivity contribution is -0.140. The van der Waals surface area contributed by atoms with Gasteiger partial charge in [0.1, 0.15) is 0 Å². The summed E-state index contributed by atoms with van der Waals surface area (Å²) < 4.78 is 0. The van der Waals surface area contributed by atoms with Crippen molar-refractivity contribution >= 4 is 17.7 Å². The van der Waals surface area contributed by atoms with E-state index in [1.807, 2.05) is 0 Å². The fourth-order valence-corrected chi connectivity index (χ4v) is 4.23. The number of nitrogens with one attached hydrogen (secondary N) is 2. The zero-order valence-corrected chi connectivity index (χ0v) is 15.3.